The van der Waals surface area contributed by atoms with Crippen LogP contribution in [0, 0.1) is 17.2 Å². The minimum absolute atomic E-state index is 0.0297. The zero-order chi connectivity index (χ0) is 15.2. The molecular weight excluding hydrogens is 270 g/mol. The van der Waals surface area contributed by atoms with E-state index in [1.807, 2.05) is 6.07 Å². The van der Waals surface area contributed by atoms with Crippen molar-refractivity contribution in [2.75, 3.05) is 32.1 Å². The summed E-state index contributed by atoms with van der Waals surface area (Å²) >= 11 is 0. The number of ether oxygens (including phenoxy) is 1. The molecule has 1 aromatic carbocycles. The quantitative estimate of drug-likeness (QED) is 0.875. The smallest absolute Gasteiger partial charge is 0.229 e. The second-order valence-corrected chi connectivity index (χ2v) is 4.92. The van der Waals surface area contributed by atoms with Gasteiger partial charge in [-0.15, -0.1) is 0 Å². The lowest BCUT2D eigenvalue weighted by Crippen LogP contribution is -2.30. The molecule has 110 valence electrons. The fourth-order valence-electron chi connectivity index (χ4n) is 2.28. The number of rotatable bonds is 5. The molecule has 6 nitrogen and oxygen atoms in total. The van der Waals surface area contributed by atoms with Gasteiger partial charge >= 0.3 is 0 Å². The number of carbonyl (C=O) groups is 2. The average Bonchev–Trinajstić information content (AvgIpc) is 2.86. The van der Waals surface area contributed by atoms with E-state index in [4.69, 9.17) is 10.00 Å². The van der Waals surface area contributed by atoms with E-state index in [9.17, 15) is 9.59 Å². The van der Waals surface area contributed by atoms with E-state index in [2.05, 4.69) is 5.32 Å². The first-order valence-corrected chi connectivity index (χ1v) is 6.71. The topological polar surface area (TPSA) is 82.4 Å². The van der Waals surface area contributed by atoms with Crippen molar-refractivity contribution in [1.82, 2.24) is 4.90 Å². The Morgan fingerprint density at radius 2 is 2.38 bits per heavy atom. The minimum Gasteiger partial charge on any atom is -0.383 e. The standard InChI is InChI=1S/C15H17N3O3/c1-21-6-5-18-10-12(8-14(18)19)15(20)17-13-4-2-3-11(7-13)9-16/h2-4,7,12H,5-6,8,10H2,1H3,(H,17,20)/t12-/m1/s1. The third kappa shape index (κ3) is 3.80. The van der Waals surface area contributed by atoms with Crippen LogP contribution in [0.2, 0.25) is 0 Å². The van der Waals surface area contributed by atoms with Crippen LogP contribution in [0.1, 0.15) is 12.0 Å². The number of nitrogens with zero attached hydrogens (tertiary/aromatic N) is 2. The summed E-state index contributed by atoms with van der Waals surface area (Å²) in [6.45, 7) is 1.37. The number of hydrogen-bond donors (Lipinski definition) is 1. The predicted octanol–water partition coefficient (Wildman–Crippen LogP) is 0.992. The molecular formula is C15H17N3O3. The van der Waals surface area contributed by atoms with Gasteiger partial charge in [0, 0.05) is 32.3 Å². The Labute approximate surface area is 123 Å². The molecule has 0 aliphatic carbocycles. The monoisotopic (exact) mass is 287 g/mol. The molecule has 0 aromatic heterocycles. The zero-order valence-corrected chi connectivity index (χ0v) is 11.8. The lowest BCUT2D eigenvalue weighted by atomic mass is 10.1. The van der Waals surface area contributed by atoms with Crippen molar-refractivity contribution in [3.05, 3.63) is 29.8 Å². The van der Waals surface area contributed by atoms with Crippen LogP contribution in [0.15, 0.2) is 24.3 Å². The van der Waals surface area contributed by atoms with Gasteiger partial charge in [0.1, 0.15) is 0 Å². The second kappa shape index (κ2) is 6.86. The van der Waals surface area contributed by atoms with Crippen molar-refractivity contribution in [1.29, 1.82) is 5.26 Å². The Morgan fingerprint density at radius 3 is 3.10 bits per heavy atom. The highest BCUT2D eigenvalue weighted by Crippen LogP contribution is 2.20. The number of nitriles is 1. The second-order valence-electron chi connectivity index (χ2n) is 4.92. The van der Waals surface area contributed by atoms with Gasteiger partial charge in [-0.3, -0.25) is 9.59 Å². The Bertz CT molecular complexity index is 580. The van der Waals surface area contributed by atoms with Crippen LogP contribution in [-0.2, 0) is 14.3 Å². The van der Waals surface area contributed by atoms with Gasteiger partial charge in [-0.05, 0) is 18.2 Å². The Balaban J connectivity index is 1.95. The van der Waals surface area contributed by atoms with Crippen LogP contribution in [-0.4, -0.2) is 43.5 Å². The average molecular weight is 287 g/mol. The Hall–Kier alpha value is -2.39. The molecule has 1 aliphatic heterocycles. The highest BCUT2D eigenvalue weighted by molar-refractivity contribution is 5.97. The fraction of sp³-hybridized carbons (Fsp3) is 0.400. The number of carbonyl (C=O) groups excluding carboxylic acids is 2. The number of amides is 2. The maximum Gasteiger partial charge on any atom is 0.229 e. The molecule has 0 saturated carbocycles. The van der Waals surface area contributed by atoms with Gasteiger partial charge in [0.05, 0.1) is 24.2 Å². The predicted molar refractivity (Wildman–Crippen MR) is 76.3 cm³/mol. The zero-order valence-electron chi connectivity index (χ0n) is 11.8. The lowest BCUT2D eigenvalue weighted by Gasteiger charge is -2.15. The third-order valence-electron chi connectivity index (χ3n) is 3.41. The number of likely N-dealkylation sites (tertiary alicyclic amines) is 1. The van der Waals surface area contributed by atoms with Crippen molar-refractivity contribution in [3.8, 4) is 6.07 Å². The van der Waals surface area contributed by atoms with Crippen LogP contribution < -0.4 is 5.32 Å². The molecule has 1 fully saturated rings. The van der Waals surface area contributed by atoms with Crippen LogP contribution >= 0.6 is 0 Å². The van der Waals surface area contributed by atoms with E-state index in [1.54, 1.807) is 36.3 Å². The molecule has 0 bridgehead atoms. The molecule has 1 aromatic rings. The normalized spacial score (nSPS) is 17.6. The molecule has 0 radical (unpaired) electrons. The summed E-state index contributed by atoms with van der Waals surface area (Å²) in [5.41, 5.74) is 1.05. The van der Waals surface area contributed by atoms with Crippen molar-refractivity contribution >= 4 is 17.5 Å². The largest absolute Gasteiger partial charge is 0.383 e. The van der Waals surface area contributed by atoms with Gasteiger partial charge in [-0.1, -0.05) is 6.07 Å². The molecule has 1 aliphatic rings. The first-order chi connectivity index (χ1) is 10.1. The lowest BCUT2D eigenvalue weighted by molar-refractivity contribution is -0.128. The number of hydrogen-bond acceptors (Lipinski definition) is 4. The summed E-state index contributed by atoms with van der Waals surface area (Å²) in [6, 6.07) is 8.72. The maximum atomic E-state index is 12.2. The van der Waals surface area contributed by atoms with Gasteiger partial charge in [0.15, 0.2) is 0 Å². The van der Waals surface area contributed by atoms with Crippen LogP contribution in [0.4, 0.5) is 5.69 Å². The van der Waals surface area contributed by atoms with Gasteiger partial charge in [0.25, 0.3) is 0 Å². The van der Waals surface area contributed by atoms with Crippen LogP contribution in [0.25, 0.3) is 0 Å². The van der Waals surface area contributed by atoms with E-state index >= 15 is 0 Å². The number of anilines is 1. The van der Waals surface area contributed by atoms with Crippen molar-refractivity contribution < 1.29 is 14.3 Å². The fourth-order valence-corrected chi connectivity index (χ4v) is 2.28. The summed E-state index contributed by atoms with van der Waals surface area (Å²) in [4.78, 5) is 25.6. The molecule has 1 heterocycles. The molecule has 1 atom stereocenters. The maximum absolute atomic E-state index is 12.2. The molecule has 0 spiro atoms. The van der Waals surface area contributed by atoms with E-state index in [0.29, 0.717) is 30.9 Å². The van der Waals surface area contributed by atoms with E-state index < -0.39 is 0 Å². The Kier molecular flexibility index (Phi) is 4.90. The van der Waals surface area contributed by atoms with Gasteiger partial charge in [0.2, 0.25) is 11.8 Å². The number of nitrogens with one attached hydrogen (secondary N) is 1. The Morgan fingerprint density at radius 1 is 1.57 bits per heavy atom. The van der Waals surface area contributed by atoms with Gasteiger partial charge < -0.3 is 15.0 Å². The first-order valence-electron chi connectivity index (χ1n) is 6.71. The molecule has 0 unspecified atom stereocenters. The summed E-state index contributed by atoms with van der Waals surface area (Å²) in [6.07, 6.45) is 0.216. The SMILES string of the molecule is COCCN1C[C@H](C(=O)Nc2cccc(C#N)c2)CC1=O. The van der Waals surface area contributed by atoms with Crippen LogP contribution in [0.5, 0.6) is 0 Å². The molecule has 6 heteroatoms. The highest BCUT2D eigenvalue weighted by Gasteiger charge is 2.33. The molecule has 21 heavy (non-hydrogen) atoms. The molecule has 2 amide bonds. The van der Waals surface area contributed by atoms with Crippen molar-refractivity contribution in [2.24, 2.45) is 5.92 Å². The highest BCUT2D eigenvalue weighted by atomic mass is 16.5. The molecule has 1 N–H and O–H groups in total. The van der Waals surface area contributed by atoms with E-state index in [1.165, 1.54) is 0 Å². The van der Waals surface area contributed by atoms with E-state index in [-0.39, 0.29) is 24.2 Å². The third-order valence-corrected chi connectivity index (χ3v) is 3.41. The van der Waals surface area contributed by atoms with Gasteiger partial charge in [-0.25, -0.2) is 0 Å². The summed E-state index contributed by atoms with van der Waals surface area (Å²) in [7, 11) is 1.58. The van der Waals surface area contributed by atoms with Crippen molar-refractivity contribution in [3.63, 3.8) is 0 Å². The first kappa shape index (κ1) is 15.0. The van der Waals surface area contributed by atoms with Crippen LogP contribution in [0.3, 0.4) is 0 Å². The van der Waals surface area contributed by atoms with E-state index in [0.717, 1.165) is 0 Å². The minimum atomic E-state index is -0.361. The molecule has 2 rings (SSSR count). The summed E-state index contributed by atoms with van der Waals surface area (Å²) in [5.74, 6) is -0.587. The summed E-state index contributed by atoms with van der Waals surface area (Å²) < 4.78 is 4.94. The van der Waals surface area contributed by atoms with Crippen molar-refractivity contribution in [2.45, 2.75) is 6.42 Å². The van der Waals surface area contributed by atoms with Gasteiger partial charge in [-0.2, -0.15) is 5.26 Å². The molecule has 1 saturated heterocycles. The summed E-state index contributed by atoms with van der Waals surface area (Å²) in [5, 5.41) is 11.6. The number of methoxy groups -OCH3 is 1. The number of benzene rings is 1.